The van der Waals surface area contributed by atoms with E-state index in [-0.39, 0.29) is 0 Å². The van der Waals surface area contributed by atoms with Crippen LogP contribution < -0.4 is 32.3 Å². The van der Waals surface area contributed by atoms with E-state index in [1.54, 1.807) is 0 Å². The average Bonchev–Trinajstić information content (AvgIpc) is 3.40. The summed E-state index contributed by atoms with van der Waals surface area (Å²) in [5.41, 5.74) is 3.04. The summed E-state index contributed by atoms with van der Waals surface area (Å²) < 4.78 is 2.32. The van der Waals surface area contributed by atoms with Crippen LogP contribution in [0.1, 0.15) is 0 Å². The fourth-order valence-electron chi connectivity index (χ4n) is 4.43. The maximum absolute atomic E-state index is 4.98. The van der Waals surface area contributed by atoms with Crippen molar-refractivity contribution in [1.29, 1.82) is 0 Å². The van der Waals surface area contributed by atoms with Gasteiger partial charge in [0, 0.05) is 21.5 Å². The lowest BCUT2D eigenvalue weighted by Gasteiger charge is -2.23. The van der Waals surface area contributed by atoms with Gasteiger partial charge in [-0.25, -0.2) is 0 Å². The third-order valence-corrected chi connectivity index (χ3v) is 10.7. The average molecular weight is 514 g/mol. The smallest absolute Gasteiger partial charge is 0.169 e. The summed E-state index contributed by atoms with van der Waals surface area (Å²) in [4.78, 5) is 0. The van der Waals surface area contributed by atoms with Gasteiger partial charge in [0.1, 0.15) is 0 Å². The van der Waals surface area contributed by atoms with E-state index in [0.717, 1.165) is 16.8 Å². The van der Waals surface area contributed by atoms with Gasteiger partial charge in [0.2, 0.25) is 0 Å². The Bertz CT molecular complexity index is 1380. The second-order valence-electron chi connectivity index (χ2n) is 8.48. The van der Waals surface area contributed by atoms with Gasteiger partial charge in [-0.15, -0.1) is 10.2 Å². The largest absolute Gasteiger partial charge is 0.275 e. The van der Waals surface area contributed by atoms with Crippen molar-refractivity contribution < 1.29 is 0 Å². The number of rotatable bonds is 7. The van der Waals surface area contributed by atoms with Crippen LogP contribution in [0.4, 0.5) is 0 Å². The molecule has 6 rings (SSSR count). The molecule has 0 saturated heterocycles. The van der Waals surface area contributed by atoms with Crippen LogP contribution in [0.15, 0.2) is 152 Å². The summed E-state index contributed by atoms with van der Waals surface area (Å²) in [6.07, 6.45) is 0. The molecule has 3 nitrogen and oxygen atoms in total. The molecule has 0 unspecified atom stereocenters. The van der Waals surface area contributed by atoms with Crippen LogP contribution in [0.3, 0.4) is 0 Å². The number of para-hydroxylation sites is 1. The number of nitrogens with zero attached hydrogens (tertiary/aromatic N) is 3. The van der Waals surface area contributed by atoms with Gasteiger partial charge in [-0.1, -0.05) is 140 Å². The Morgan fingerprint density at radius 3 is 0.919 bits per heavy atom. The number of benzene rings is 5. The molecule has 0 spiro atoms. The minimum absolute atomic E-state index is 0.932. The molecule has 37 heavy (non-hydrogen) atoms. The van der Waals surface area contributed by atoms with Crippen LogP contribution in [-0.4, -0.2) is 14.8 Å². The van der Waals surface area contributed by atoms with E-state index in [1.165, 1.54) is 21.2 Å². The van der Waals surface area contributed by atoms with Crippen LogP contribution in [0.25, 0.3) is 5.69 Å². The molecular weight excluding hydrogens is 488 g/mol. The zero-order chi connectivity index (χ0) is 24.9. The summed E-state index contributed by atoms with van der Waals surface area (Å²) >= 11 is 0. The lowest BCUT2D eigenvalue weighted by atomic mass is 10.3. The van der Waals surface area contributed by atoms with Crippen molar-refractivity contribution in [2.75, 3.05) is 0 Å². The van der Waals surface area contributed by atoms with Gasteiger partial charge < -0.3 is 0 Å². The van der Waals surface area contributed by atoms with Gasteiger partial charge in [-0.05, 0) is 33.4 Å². The maximum atomic E-state index is 4.98. The Morgan fingerprint density at radius 2 is 0.622 bits per heavy atom. The zero-order valence-electron chi connectivity index (χ0n) is 20.2. The standard InChI is InChI=1S/C32H25N3P2/c1-6-16-26(17-7-1)35-31(36(27-18-8-2-9-19-27)28-20-10-3-11-21-28)33-34-32(35)37(29-22-12-4-13-23-29)30-24-14-5-15-25-30/h1-25H. The fraction of sp³-hybridized carbons (Fsp3) is 0. The van der Waals surface area contributed by atoms with E-state index in [0.29, 0.717) is 0 Å². The molecule has 1 heterocycles. The normalized spacial score (nSPS) is 11.2. The van der Waals surface area contributed by atoms with Crippen LogP contribution >= 0.6 is 15.8 Å². The Balaban J connectivity index is 1.63. The van der Waals surface area contributed by atoms with Crippen molar-refractivity contribution in [3.05, 3.63) is 152 Å². The van der Waals surface area contributed by atoms with Crippen LogP contribution in [0.5, 0.6) is 0 Å². The summed E-state index contributed by atoms with van der Waals surface area (Å²) in [6.45, 7) is 0. The Kier molecular flexibility index (Phi) is 6.99. The van der Waals surface area contributed by atoms with E-state index >= 15 is 0 Å². The van der Waals surface area contributed by atoms with Crippen LogP contribution in [0, 0.1) is 0 Å². The van der Waals surface area contributed by atoms with E-state index in [2.05, 4.69) is 156 Å². The predicted octanol–water partition coefficient (Wildman–Crippen LogP) is 4.78. The third kappa shape index (κ3) is 4.89. The highest BCUT2D eigenvalue weighted by atomic mass is 31.1. The first-order chi connectivity index (χ1) is 18.4. The van der Waals surface area contributed by atoms with Gasteiger partial charge in [0.05, 0.1) is 0 Å². The first-order valence-electron chi connectivity index (χ1n) is 12.2. The molecule has 6 aromatic rings. The van der Waals surface area contributed by atoms with Gasteiger partial charge in [-0.2, -0.15) is 0 Å². The molecule has 5 aromatic carbocycles. The van der Waals surface area contributed by atoms with Gasteiger partial charge in [0.25, 0.3) is 0 Å². The van der Waals surface area contributed by atoms with Gasteiger partial charge in [-0.3, -0.25) is 4.57 Å². The van der Waals surface area contributed by atoms with E-state index in [1.807, 2.05) is 0 Å². The zero-order valence-corrected chi connectivity index (χ0v) is 22.0. The number of hydrogen-bond donors (Lipinski definition) is 0. The molecule has 0 atom stereocenters. The van der Waals surface area contributed by atoms with Gasteiger partial charge in [0.15, 0.2) is 11.1 Å². The first kappa shape index (κ1) is 23.5. The fourth-order valence-corrected chi connectivity index (χ4v) is 9.00. The summed E-state index contributed by atoms with van der Waals surface area (Å²) in [7, 11) is -1.86. The monoisotopic (exact) mass is 513 g/mol. The molecule has 5 heteroatoms. The third-order valence-electron chi connectivity index (χ3n) is 6.10. The second-order valence-corrected chi connectivity index (χ2v) is 12.7. The van der Waals surface area contributed by atoms with E-state index in [4.69, 9.17) is 10.2 Å². The quantitative estimate of drug-likeness (QED) is 0.288. The van der Waals surface area contributed by atoms with Gasteiger partial charge >= 0.3 is 0 Å². The van der Waals surface area contributed by atoms with Crippen molar-refractivity contribution >= 4 is 48.2 Å². The summed E-state index contributed by atoms with van der Waals surface area (Å²) in [6, 6.07) is 53.4. The predicted molar refractivity (Wildman–Crippen MR) is 159 cm³/mol. The molecule has 0 saturated carbocycles. The molecule has 0 aliphatic rings. The van der Waals surface area contributed by atoms with E-state index in [9.17, 15) is 0 Å². The topological polar surface area (TPSA) is 30.7 Å². The molecule has 178 valence electrons. The lowest BCUT2D eigenvalue weighted by Crippen LogP contribution is -2.33. The Morgan fingerprint density at radius 1 is 0.351 bits per heavy atom. The first-order valence-corrected chi connectivity index (χ1v) is 14.9. The number of aromatic nitrogens is 3. The molecular formula is C32H25N3P2. The molecule has 0 fully saturated rings. The van der Waals surface area contributed by atoms with Crippen LogP contribution in [-0.2, 0) is 0 Å². The highest BCUT2D eigenvalue weighted by Crippen LogP contribution is 2.36. The van der Waals surface area contributed by atoms with Crippen molar-refractivity contribution in [1.82, 2.24) is 14.8 Å². The molecule has 0 radical (unpaired) electrons. The summed E-state index contributed by atoms with van der Waals surface area (Å²) in [5.74, 6) is 0. The second kappa shape index (κ2) is 11.0. The molecule has 0 aliphatic heterocycles. The summed E-state index contributed by atoms with van der Waals surface area (Å²) in [5, 5.41) is 15.0. The SMILES string of the molecule is c1ccc(-n2c(P(c3ccccc3)c3ccccc3)nnc2P(c2ccccc2)c2ccccc2)cc1. The lowest BCUT2D eigenvalue weighted by molar-refractivity contribution is 1.14. The maximum Gasteiger partial charge on any atom is 0.169 e. The molecule has 0 bridgehead atoms. The molecule has 1 aromatic heterocycles. The van der Waals surface area contributed by atoms with Crippen molar-refractivity contribution in [3.8, 4) is 5.69 Å². The highest BCUT2D eigenvalue weighted by Gasteiger charge is 2.30. The van der Waals surface area contributed by atoms with Crippen molar-refractivity contribution in [2.24, 2.45) is 0 Å². The molecule has 0 amide bonds. The highest BCUT2D eigenvalue weighted by molar-refractivity contribution is 7.80. The van der Waals surface area contributed by atoms with Crippen molar-refractivity contribution in [3.63, 3.8) is 0 Å². The molecule has 0 N–H and O–H groups in total. The van der Waals surface area contributed by atoms with Crippen LogP contribution in [0.2, 0.25) is 0 Å². The Labute approximate surface area is 220 Å². The van der Waals surface area contributed by atoms with E-state index < -0.39 is 15.8 Å². The minimum Gasteiger partial charge on any atom is -0.275 e. The van der Waals surface area contributed by atoms with Crippen molar-refractivity contribution in [2.45, 2.75) is 0 Å². The number of hydrogen-bond acceptors (Lipinski definition) is 2. The Hall–Kier alpha value is -3.90. The molecule has 0 aliphatic carbocycles. The minimum atomic E-state index is -0.932.